The van der Waals surface area contributed by atoms with E-state index in [1.165, 1.54) is 16.5 Å². The molecule has 32 heavy (non-hydrogen) atoms. The molecule has 0 aliphatic carbocycles. The third-order valence-electron chi connectivity index (χ3n) is 6.22. The van der Waals surface area contributed by atoms with Crippen molar-refractivity contribution in [2.24, 2.45) is 0 Å². The molecule has 0 amide bonds. The Morgan fingerprint density at radius 1 is 1.16 bits per heavy atom. The fourth-order valence-corrected chi connectivity index (χ4v) is 5.11. The van der Waals surface area contributed by atoms with Crippen molar-refractivity contribution in [1.29, 1.82) is 0 Å². The first-order valence-electron chi connectivity index (χ1n) is 10.8. The molecule has 2 aromatic carbocycles. The molecule has 1 aromatic heterocycles. The van der Waals surface area contributed by atoms with Gasteiger partial charge in [-0.3, -0.25) is 0 Å². The van der Waals surface area contributed by atoms with Gasteiger partial charge in [-0.1, -0.05) is 19.1 Å². The molecule has 5 rings (SSSR count). The molecule has 5 nitrogen and oxygen atoms in total. The lowest BCUT2D eigenvalue weighted by Crippen LogP contribution is -2.49. The normalized spacial score (nSPS) is 16.8. The van der Waals surface area contributed by atoms with E-state index >= 15 is 0 Å². The summed E-state index contributed by atoms with van der Waals surface area (Å²) < 4.78 is 20.1. The lowest BCUT2D eigenvalue weighted by molar-refractivity contribution is -0.0507. The number of anilines is 2. The third-order valence-corrected chi connectivity index (χ3v) is 7.10. The minimum absolute atomic E-state index is 0.0140. The van der Waals surface area contributed by atoms with Crippen LogP contribution in [-0.2, 0) is 15.8 Å². The Kier molecular flexibility index (Phi) is 5.23. The first kappa shape index (κ1) is 21.4. The number of hydrogen-bond donors (Lipinski definition) is 1. The van der Waals surface area contributed by atoms with E-state index in [1.807, 2.05) is 11.8 Å². The number of nitrogens with zero attached hydrogens (tertiary/aromatic N) is 3. The molecular formula is C25H26FN3O2S. The highest BCUT2D eigenvalue weighted by Crippen LogP contribution is 2.48. The van der Waals surface area contributed by atoms with Crippen LogP contribution in [0, 0.1) is 5.82 Å². The Balaban J connectivity index is 1.50. The van der Waals surface area contributed by atoms with Gasteiger partial charge in [0.2, 0.25) is 5.95 Å². The highest BCUT2D eigenvalue weighted by atomic mass is 32.2. The predicted molar refractivity (Wildman–Crippen MR) is 125 cm³/mol. The summed E-state index contributed by atoms with van der Waals surface area (Å²) in [5.74, 6) is 1.23. The molecular weight excluding hydrogens is 425 g/mol. The zero-order chi connectivity index (χ0) is 22.5. The zero-order valence-corrected chi connectivity index (χ0v) is 19.2. The fourth-order valence-electron chi connectivity index (χ4n) is 4.41. The van der Waals surface area contributed by atoms with Crippen LogP contribution in [0.15, 0.2) is 53.7 Å². The molecule has 0 saturated carbocycles. The standard InChI is InChI=1S/C25H26FN3O2S/c1-4-32-18-6-7-20-22(10-18)29(13-25(20)14-31-15-25)23-27-11-16(12-28-23)19-9-17(24(2,3)30)5-8-21(19)26/h5-12,30H,4,13-15H2,1-3H3. The van der Waals surface area contributed by atoms with Gasteiger partial charge in [-0.05, 0) is 55.0 Å². The fraction of sp³-hybridized carbons (Fsp3) is 0.360. The summed E-state index contributed by atoms with van der Waals surface area (Å²) in [6.45, 7) is 7.67. The minimum Gasteiger partial charge on any atom is -0.386 e. The van der Waals surface area contributed by atoms with Crippen molar-refractivity contribution in [3.05, 3.63) is 65.7 Å². The maximum absolute atomic E-state index is 14.6. The summed E-state index contributed by atoms with van der Waals surface area (Å²) >= 11 is 1.81. The maximum atomic E-state index is 14.6. The van der Waals surface area contributed by atoms with Gasteiger partial charge in [0.25, 0.3) is 0 Å². The van der Waals surface area contributed by atoms with Gasteiger partial charge in [0.05, 0.1) is 24.2 Å². The number of thioether (sulfide) groups is 1. The van der Waals surface area contributed by atoms with Crippen LogP contribution in [0.1, 0.15) is 31.9 Å². The zero-order valence-electron chi connectivity index (χ0n) is 18.4. The van der Waals surface area contributed by atoms with Crippen molar-refractivity contribution in [1.82, 2.24) is 9.97 Å². The second-order valence-corrected chi connectivity index (χ2v) is 10.3. The lowest BCUT2D eigenvalue weighted by atomic mass is 9.81. The van der Waals surface area contributed by atoms with E-state index in [2.05, 4.69) is 40.0 Å². The van der Waals surface area contributed by atoms with E-state index in [1.54, 1.807) is 38.4 Å². The number of benzene rings is 2. The van der Waals surface area contributed by atoms with Crippen LogP contribution in [0.25, 0.3) is 11.1 Å². The number of aromatic nitrogens is 2. The molecule has 3 aromatic rings. The van der Waals surface area contributed by atoms with Crippen LogP contribution < -0.4 is 4.90 Å². The summed E-state index contributed by atoms with van der Waals surface area (Å²) in [4.78, 5) is 12.6. The number of hydrogen-bond acceptors (Lipinski definition) is 6. The lowest BCUT2D eigenvalue weighted by Gasteiger charge is -2.38. The molecule has 0 radical (unpaired) electrons. The minimum atomic E-state index is -1.06. The van der Waals surface area contributed by atoms with Gasteiger partial charge in [-0.25, -0.2) is 14.4 Å². The van der Waals surface area contributed by atoms with E-state index in [0.717, 1.165) is 18.0 Å². The molecule has 0 atom stereocenters. The summed E-state index contributed by atoms with van der Waals surface area (Å²) in [5, 5.41) is 10.3. The van der Waals surface area contributed by atoms with Gasteiger partial charge in [-0.15, -0.1) is 11.8 Å². The second-order valence-electron chi connectivity index (χ2n) is 9.00. The van der Waals surface area contributed by atoms with Crippen molar-refractivity contribution in [3.8, 4) is 11.1 Å². The molecule has 2 aliphatic rings. The average Bonchev–Trinajstić information content (AvgIpc) is 3.09. The molecule has 7 heteroatoms. The Labute approximate surface area is 191 Å². The summed E-state index contributed by atoms with van der Waals surface area (Å²) in [5.41, 5.74) is 2.92. The number of rotatable bonds is 5. The quantitative estimate of drug-likeness (QED) is 0.549. The molecule has 2 aliphatic heterocycles. The Morgan fingerprint density at radius 2 is 1.91 bits per heavy atom. The predicted octanol–water partition coefficient (Wildman–Crippen LogP) is 5.04. The summed E-state index contributed by atoms with van der Waals surface area (Å²) in [6, 6.07) is 11.2. The molecule has 0 unspecified atom stereocenters. The van der Waals surface area contributed by atoms with Gasteiger partial charge in [0, 0.05) is 40.6 Å². The van der Waals surface area contributed by atoms with E-state index in [4.69, 9.17) is 4.74 Å². The number of halogens is 1. The molecule has 1 N–H and O–H groups in total. The van der Waals surface area contributed by atoms with Crippen molar-refractivity contribution in [2.45, 2.75) is 36.7 Å². The van der Waals surface area contributed by atoms with Crippen LogP contribution in [0.4, 0.5) is 16.0 Å². The highest BCUT2D eigenvalue weighted by Gasteiger charge is 2.49. The van der Waals surface area contributed by atoms with E-state index < -0.39 is 5.60 Å². The van der Waals surface area contributed by atoms with Gasteiger partial charge in [0.15, 0.2) is 0 Å². The number of ether oxygens (including phenoxy) is 1. The number of fused-ring (bicyclic) bond motifs is 2. The van der Waals surface area contributed by atoms with Crippen LogP contribution in [0.5, 0.6) is 0 Å². The van der Waals surface area contributed by atoms with E-state index in [9.17, 15) is 9.50 Å². The molecule has 1 spiro atoms. The maximum Gasteiger partial charge on any atom is 0.229 e. The highest BCUT2D eigenvalue weighted by molar-refractivity contribution is 7.99. The molecule has 1 saturated heterocycles. The van der Waals surface area contributed by atoms with Gasteiger partial charge in [-0.2, -0.15) is 0 Å². The van der Waals surface area contributed by atoms with Crippen LogP contribution in [0.2, 0.25) is 0 Å². The Hall–Kier alpha value is -2.48. The van der Waals surface area contributed by atoms with Crippen molar-refractivity contribution < 1.29 is 14.2 Å². The molecule has 1 fully saturated rings. The Morgan fingerprint density at radius 3 is 2.53 bits per heavy atom. The summed E-state index contributed by atoms with van der Waals surface area (Å²) in [7, 11) is 0. The van der Waals surface area contributed by atoms with Crippen LogP contribution in [-0.4, -0.2) is 40.6 Å². The first-order valence-corrected chi connectivity index (χ1v) is 11.8. The van der Waals surface area contributed by atoms with Gasteiger partial charge >= 0.3 is 0 Å². The third kappa shape index (κ3) is 3.58. The largest absolute Gasteiger partial charge is 0.386 e. The first-order chi connectivity index (χ1) is 15.3. The molecule has 3 heterocycles. The van der Waals surface area contributed by atoms with Crippen LogP contribution in [0.3, 0.4) is 0 Å². The van der Waals surface area contributed by atoms with Crippen molar-refractivity contribution in [2.75, 3.05) is 30.4 Å². The topological polar surface area (TPSA) is 58.5 Å². The van der Waals surface area contributed by atoms with Gasteiger partial charge < -0.3 is 14.7 Å². The monoisotopic (exact) mass is 451 g/mol. The summed E-state index contributed by atoms with van der Waals surface area (Å²) in [6.07, 6.45) is 3.31. The molecule has 166 valence electrons. The smallest absolute Gasteiger partial charge is 0.229 e. The molecule has 0 bridgehead atoms. The van der Waals surface area contributed by atoms with Crippen molar-refractivity contribution >= 4 is 23.4 Å². The van der Waals surface area contributed by atoms with Gasteiger partial charge in [0.1, 0.15) is 5.82 Å². The van der Waals surface area contributed by atoms with E-state index in [0.29, 0.717) is 35.9 Å². The van der Waals surface area contributed by atoms with E-state index in [-0.39, 0.29) is 11.2 Å². The average molecular weight is 452 g/mol. The Bertz CT molecular complexity index is 1160. The number of aliphatic hydroxyl groups is 1. The van der Waals surface area contributed by atoms with Crippen LogP contribution >= 0.6 is 11.8 Å². The second kappa shape index (κ2) is 7.83. The SMILES string of the molecule is CCSc1ccc2c(c1)N(c1ncc(-c3cc(C(C)(C)O)ccc3F)cn1)CC21COC1. The van der Waals surface area contributed by atoms with Crippen molar-refractivity contribution in [3.63, 3.8) is 0 Å².